The molecule has 8 nitrogen and oxygen atoms in total. The molecular weight excluding hydrogens is 450 g/mol. The molecule has 0 bridgehead atoms. The van der Waals surface area contributed by atoms with Gasteiger partial charge in [-0.05, 0) is 38.0 Å². The number of ether oxygens (including phenoxy) is 1. The minimum Gasteiger partial charge on any atom is -0.491 e. The van der Waals surface area contributed by atoms with Crippen molar-refractivity contribution in [1.82, 2.24) is 9.97 Å². The van der Waals surface area contributed by atoms with E-state index in [1.54, 1.807) is 19.2 Å². The number of nitrogens with one attached hydrogen (secondary N) is 1. The molecule has 11 heteroatoms. The molecule has 4 rings (SSSR count). The monoisotopic (exact) mass is 474 g/mol. The summed E-state index contributed by atoms with van der Waals surface area (Å²) in [6, 6.07) is 4.14. The van der Waals surface area contributed by atoms with Crippen LogP contribution in [0, 0.1) is 11.6 Å². The summed E-state index contributed by atoms with van der Waals surface area (Å²) in [5.74, 6) is -2.43. The van der Waals surface area contributed by atoms with E-state index in [0.717, 1.165) is 42.5 Å². The molecule has 5 N–H and O–H groups in total. The number of carbonyl (C=O) groups excluding carboxylic acids is 1. The van der Waals surface area contributed by atoms with Crippen molar-refractivity contribution in [3.05, 3.63) is 47.9 Å². The van der Waals surface area contributed by atoms with E-state index in [9.17, 15) is 13.6 Å². The van der Waals surface area contributed by atoms with E-state index in [1.165, 1.54) is 12.3 Å². The highest BCUT2D eigenvalue weighted by Gasteiger charge is 2.25. The van der Waals surface area contributed by atoms with Gasteiger partial charge in [0.1, 0.15) is 15.8 Å². The number of pyridine rings is 1. The third-order valence-electron chi connectivity index (χ3n) is 5.28. The molecule has 33 heavy (non-hydrogen) atoms. The van der Waals surface area contributed by atoms with Crippen molar-refractivity contribution in [3.8, 4) is 16.3 Å². The van der Waals surface area contributed by atoms with E-state index in [0.29, 0.717) is 12.2 Å². The number of nitrogens with two attached hydrogens (primary N) is 2. The topological polar surface area (TPSA) is 119 Å². The largest absolute Gasteiger partial charge is 0.491 e. The van der Waals surface area contributed by atoms with Crippen LogP contribution < -0.4 is 26.4 Å². The van der Waals surface area contributed by atoms with E-state index in [4.69, 9.17) is 16.2 Å². The molecule has 1 amide bonds. The predicted molar refractivity (Wildman–Crippen MR) is 125 cm³/mol. The Morgan fingerprint density at radius 1 is 1.36 bits per heavy atom. The normalized spacial score (nSPS) is 16.0. The van der Waals surface area contributed by atoms with Gasteiger partial charge in [0, 0.05) is 25.3 Å². The summed E-state index contributed by atoms with van der Waals surface area (Å²) in [5.41, 5.74) is 12.8. The number of aromatic nitrogens is 2. The first-order valence-electron chi connectivity index (χ1n) is 10.5. The number of piperidine rings is 1. The first-order valence-corrected chi connectivity index (χ1v) is 11.3. The maximum atomic E-state index is 14.8. The Bertz CT molecular complexity index is 1170. The standard InChI is InChI=1S/C22H24F2N6O2S/c1-2-32-16-6-5-13(23)17(18(16)24)22-29-19(20(26)33-22)21(31)28-14-10-27-8-7-15(14)30-9-3-4-12(25)11-30/h5-8,10,12H,2-4,9,11,25-26H2,1H3,(H,28,31)/t12-/m0/s1. The third-order valence-corrected chi connectivity index (χ3v) is 6.18. The second-order valence-corrected chi connectivity index (χ2v) is 8.63. The number of nitrogen functional groups attached to an aromatic ring is 1. The van der Waals surface area contributed by atoms with E-state index < -0.39 is 17.5 Å². The maximum absolute atomic E-state index is 14.8. The van der Waals surface area contributed by atoms with Gasteiger partial charge in [0.25, 0.3) is 5.91 Å². The molecule has 1 aromatic carbocycles. The summed E-state index contributed by atoms with van der Waals surface area (Å²) in [6.45, 7) is 3.37. The van der Waals surface area contributed by atoms with Crippen molar-refractivity contribution in [1.29, 1.82) is 0 Å². The summed E-state index contributed by atoms with van der Waals surface area (Å²) in [4.78, 5) is 23.3. The summed E-state index contributed by atoms with van der Waals surface area (Å²) in [6.07, 6.45) is 5.05. The lowest BCUT2D eigenvalue weighted by Crippen LogP contribution is -2.43. The van der Waals surface area contributed by atoms with Crippen molar-refractivity contribution in [3.63, 3.8) is 0 Å². The zero-order chi connectivity index (χ0) is 23.5. The van der Waals surface area contributed by atoms with Crippen molar-refractivity contribution >= 4 is 33.6 Å². The number of carbonyl (C=O) groups is 1. The van der Waals surface area contributed by atoms with Crippen LogP contribution in [0.15, 0.2) is 30.6 Å². The second-order valence-electron chi connectivity index (χ2n) is 7.59. The van der Waals surface area contributed by atoms with E-state index in [2.05, 4.69) is 20.2 Å². The van der Waals surface area contributed by atoms with Crippen LogP contribution in [0.4, 0.5) is 25.2 Å². The minimum absolute atomic E-state index is 0.0357. The van der Waals surface area contributed by atoms with Gasteiger partial charge < -0.3 is 26.4 Å². The summed E-state index contributed by atoms with van der Waals surface area (Å²) < 4.78 is 34.5. The number of thiazole rings is 1. The molecule has 0 radical (unpaired) electrons. The SMILES string of the molecule is CCOc1ccc(F)c(-c2nc(C(=O)Nc3cnccc3N3CCC[C@H](N)C3)c(N)s2)c1F. The van der Waals surface area contributed by atoms with Crippen molar-refractivity contribution in [2.75, 3.05) is 35.6 Å². The fourth-order valence-corrected chi connectivity index (χ4v) is 4.64. The van der Waals surface area contributed by atoms with Crippen LogP contribution in [0.25, 0.3) is 10.6 Å². The number of hydrogen-bond acceptors (Lipinski definition) is 8. The highest BCUT2D eigenvalue weighted by molar-refractivity contribution is 7.19. The Kier molecular flexibility index (Phi) is 6.70. The van der Waals surface area contributed by atoms with Crippen molar-refractivity contribution in [2.45, 2.75) is 25.8 Å². The number of nitrogens with zero attached hydrogens (tertiary/aromatic N) is 3. The molecule has 1 saturated heterocycles. The zero-order valence-electron chi connectivity index (χ0n) is 18.0. The molecule has 0 saturated carbocycles. The molecule has 0 aliphatic carbocycles. The van der Waals surface area contributed by atoms with Gasteiger partial charge in [0.05, 0.1) is 29.7 Å². The van der Waals surface area contributed by atoms with Crippen LogP contribution in [0.1, 0.15) is 30.3 Å². The molecule has 2 aromatic heterocycles. The molecule has 1 aliphatic rings. The van der Waals surface area contributed by atoms with Gasteiger partial charge in [-0.1, -0.05) is 11.3 Å². The van der Waals surface area contributed by atoms with Gasteiger partial charge in [-0.2, -0.15) is 0 Å². The number of rotatable bonds is 6. The summed E-state index contributed by atoms with van der Waals surface area (Å²) >= 11 is 0.822. The van der Waals surface area contributed by atoms with Gasteiger partial charge in [-0.15, -0.1) is 0 Å². The van der Waals surface area contributed by atoms with Gasteiger partial charge >= 0.3 is 0 Å². The highest BCUT2D eigenvalue weighted by atomic mass is 32.1. The van der Waals surface area contributed by atoms with Crippen LogP contribution in [0.5, 0.6) is 5.75 Å². The molecule has 0 spiro atoms. The predicted octanol–water partition coefficient (Wildman–Crippen LogP) is 3.64. The van der Waals surface area contributed by atoms with Crippen LogP contribution in [0.3, 0.4) is 0 Å². The van der Waals surface area contributed by atoms with Gasteiger partial charge in [0.15, 0.2) is 17.3 Å². The Morgan fingerprint density at radius 3 is 2.94 bits per heavy atom. The quantitative estimate of drug-likeness (QED) is 0.499. The molecular formula is C22H24F2N6O2S. The summed E-state index contributed by atoms with van der Waals surface area (Å²) in [5, 5.41) is 2.76. The molecule has 0 unspecified atom stereocenters. The average Bonchev–Trinajstić information content (AvgIpc) is 3.17. The minimum atomic E-state index is -0.895. The lowest BCUT2D eigenvalue weighted by molar-refractivity contribution is 0.102. The first-order chi connectivity index (χ1) is 15.9. The Morgan fingerprint density at radius 2 is 2.18 bits per heavy atom. The van der Waals surface area contributed by atoms with E-state index >= 15 is 0 Å². The van der Waals surface area contributed by atoms with Gasteiger partial charge in [-0.25, -0.2) is 13.8 Å². The van der Waals surface area contributed by atoms with Gasteiger partial charge in [-0.3, -0.25) is 9.78 Å². The van der Waals surface area contributed by atoms with Crippen LogP contribution >= 0.6 is 11.3 Å². The number of anilines is 3. The lowest BCUT2D eigenvalue weighted by atomic mass is 10.1. The van der Waals surface area contributed by atoms with E-state index in [-0.39, 0.29) is 39.7 Å². The van der Waals surface area contributed by atoms with Crippen LogP contribution in [-0.4, -0.2) is 41.6 Å². The number of amides is 1. The molecule has 1 atom stereocenters. The third kappa shape index (κ3) is 4.74. The average molecular weight is 475 g/mol. The Balaban J connectivity index is 1.62. The second kappa shape index (κ2) is 9.67. The number of hydrogen-bond donors (Lipinski definition) is 3. The summed E-state index contributed by atoms with van der Waals surface area (Å²) in [7, 11) is 0. The maximum Gasteiger partial charge on any atom is 0.277 e. The smallest absolute Gasteiger partial charge is 0.277 e. The van der Waals surface area contributed by atoms with Crippen LogP contribution in [-0.2, 0) is 0 Å². The first kappa shape index (κ1) is 22.9. The number of benzene rings is 1. The molecule has 3 aromatic rings. The molecule has 1 aliphatic heterocycles. The lowest BCUT2D eigenvalue weighted by Gasteiger charge is -2.33. The number of halogens is 2. The van der Waals surface area contributed by atoms with Crippen molar-refractivity contribution < 1.29 is 18.3 Å². The fraction of sp³-hybridized carbons (Fsp3) is 0.318. The van der Waals surface area contributed by atoms with Crippen LogP contribution in [0.2, 0.25) is 0 Å². The Labute approximate surface area is 193 Å². The Hall–Kier alpha value is -3.31. The molecule has 1 fully saturated rings. The molecule has 174 valence electrons. The highest BCUT2D eigenvalue weighted by Crippen LogP contribution is 2.37. The fourth-order valence-electron chi connectivity index (χ4n) is 3.77. The van der Waals surface area contributed by atoms with E-state index in [1.807, 2.05) is 0 Å². The van der Waals surface area contributed by atoms with Gasteiger partial charge in [0.2, 0.25) is 0 Å². The molecule has 3 heterocycles. The zero-order valence-corrected chi connectivity index (χ0v) is 18.8. The van der Waals surface area contributed by atoms with Crippen molar-refractivity contribution in [2.24, 2.45) is 5.73 Å².